The lowest BCUT2D eigenvalue weighted by Gasteiger charge is -2.32. The van der Waals surface area contributed by atoms with Gasteiger partial charge in [0.05, 0.1) is 0 Å². The molecule has 0 aromatic heterocycles. The number of carbonyl (C=O) groups excluding carboxylic acids is 3. The van der Waals surface area contributed by atoms with E-state index in [4.69, 9.17) is 0 Å². The number of rotatable bonds is 5. The first-order valence-electron chi connectivity index (χ1n) is 10.2. The predicted octanol–water partition coefficient (Wildman–Crippen LogP) is 3.27. The van der Waals surface area contributed by atoms with E-state index in [0.29, 0.717) is 32.5 Å². The van der Waals surface area contributed by atoms with Crippen LogP contribution in [0.1, 0.15) is 42.5 Å². The maximum atomic E-state index is 13.0. The van der Waals surface area contributed by atoms with E-state index in [1.165, 1.54) is 0 Å². The molecule has 2 aliphatic heterocycles. The van der Waals surface area contributed by atoms with Gasteiger partial charge in [-0.05, 0) is 36.1 Å². The van der Waals surface area contributed by atoms with Crippen LogP contribution >= 0.6 is 0 Å². The minimum atomic E-state index is -0.146. The molecule has 0 unspecified atom stereocenters. The van der Waals surface area contributed by atoms with Crippen molar-refractivity contribution in [3.8, 4) is 0 Å². The van der Waals surface area contributed by atoms with Crippen LogP contribution in [0.15, 0.2) is 42.5 Å². The fourth-order valence-electron chi connectivity index (χ4n) is 4.33. The number of Topliss-reactive ketones (excluding diaryl/α,β-unsaturated/α-hetero) is 1. The number of benzene rings is 2. The Balaban J connectivity index is 1.38. The van der Waals surface area contributed by atoms with Gasteiger partial charge in [0.1, 0.15) is 0 Å². The maximum Gasteiger partial charge on any atom is 0.224 e. The van der Waals surface area contributed by atoms with Crippen molar-refractivity contribution in [2.75, 3.05) is 26.2 Å². The summed E-state index contributed by atoms with van der Waals surface area (Å²) >= 11 is 0. The Morgan fingerprint density at radius 3 is 2.61 bits per heavy atom. The van der Waals surface area contributed by atoms with Gasteiger partial charge in [-0.15, -0.1) is 0 Å². The molecule has 2 amide bonds. The van der Waals surface area contributed by atoms with Gasteiger partial charge in [-0.3, -0.25) is 14.4 Å². The van der Waals surface area contributed by atoms with Gasteiger partial charge in [0.2, 0.25) is 11.8 Å². The third-order valence-electron chi connectivity index (χ3n) is 5.95. The van der Waals surface area contributed by atoms with E-state index in [-0.39, 0.29) is 23.5 Å². The Labute approximate surface area is 165 Å². The molecule has 2 fully saturated rings. The second-order valence-corrected chi connectivity index (χ2v) is 7.84. The minimum Gasteiger partial charge on any atom is -0.342 e. The van der Waals surface area contributed by atoms with Gasteiger partial charge < -0.3 is 9.80 Å². The molecule has 5 nitrogen and oxygen atoms in total. The maximum absolute atomic E-state index is 13.0. The van der Waals surface area contributed by atoms with Gasteiger partial charge in [-0.1, -0.05) is 36.4 Å². The van der Waals surface area contributed by atoms with Crippen molar-refractivity contribution in [3.63, 3.8) is 0 Å². The number of hydrogen-bond donors (Lipinski definition) is 0. The first-order valence-corrected chi connectivity index (χ1v) is 10.2. The first-order chi connectivity index (χ1) is 13.6. The fourth-order valence-corrected chi connectivity index (χ4v) is 4.33. The van der Waals surface area contributed by atoms with E-state index in [0.717, 1.165) is 42.1 Å². The second kappa shape index (κ2) is 8.13. The summed E-state index contributed by atoms with van der Waals surface area (Å²) in [6, 6.07) is 13.9. The van der Waals surface area contributed by atoms with Gasteiger partial charge in [0.25, 0.3) is 0 Å². The summed E-state index contributed by atoms with van der Waals surface area (Å²) in [5.41, 5.74) is 0.723. The smallest absolute Gasteiger partial charge is 0.224 e. The Morgan fingerprint density at radius 1 is 1.00 bits per heavy atom. The van der Waals surface area contributed by atoms with Crippen molar-refractivity contribution < 1.29 is 14.4 Å². The molecule has 2 aromatic carbocycles. The first kappa shape index (κ1) is 18.7. The number of amides is 2. The summed E-state index contributed by atoms with van der Waals surface area (Å²) in [7, 11) is 0. The zero-order valence-electron chi connectivity index (χ0n) is 16.1. The number of nitrogens with zero attached hydrogens (tertiary/aromatic N) is 2. The van der Waals surface area contributed by atoms with Crippen LogP contribution < -0.4 is 0 Å². The van der Waals surface area contributed by atoms with Gasteiger partial charge in [0, 0.05) is 50.5 Å². The molecule has 0 N–H and O–H groups in total. The van der Waals surface area contributed by atoms with Crippen molar-refractivity contribution >= 4 is 28.4 Å². The molecule has 2 aromatic rings. The van der Waals surface area contributed by atoms with Gasteiger partial charge in [-0.2, -0.15) is 0 Å². The third kappa shape index (κ3) is 3.93. The van der Waals surface area contributed by atoms with Crippen LogP contribution in [0.5, 0.6) is 0 Å². The summed E-state index contributed by atoms with van der Waals surface area (Å²) in [6.45, 7) is 2.44. The van der Waals surface area contributed by atoms with E-state index in [9.17, 15) is 14.4 Å². The predicted molar refractivity (Wildman–Crippen MR) is 108 cm³/mol. The molecule has 2 saturated heterocycles. The molecule has 28 heavy (non-hydrogen) atoms. The van der Waals surface area contributed by atoms with Gasteiger partial charge >= 0.3 is 0 Å². The van der Waals surface area contributed by atoms with Crippen LogP contribution in [0, 0.1) is 5.92 Å². The van der Waals surface area contributed by atoms with Crippen molar-refractivity contribution in [2.45, 2.75) is 32.1 Å². The molecule has 4 rings (SSSR count). The van der Waals surface area contributed by atoms with Crippen LogP contribution in [0.4, 0.5) is 0 Å². The Morgan fingerprint density at radius 2 is 1.82 bits per heavy atom. The molecule has 0 spiro atoms. The number of piperidine rings is 1. The largest absolute Gasteiger partial charge is 0.342 e. The molecule has 146 valence electrons. The lowest BCUT2D eigenvalue weighted by molar-refractivity contribution is -0.134. The monoisotopic (exact) mass is 378 g/mol. The van der Waals surface area contributed by atoms with E-state index in [2.05, 4.69) is 0 Å². The SMILES string of the molecule is O=C(c1ccc2ccccc2c1)[C@@H]1CCCN(C(=O)CCN2CCCC2=O)C1. The number of carbonyl (C=O) groups is 3. The van der Waals surface area contributed by atoms with Gasteiger partial charge in [-0.25, -0.2) is 0 Å². The summed E-state index contributed by atoms with van der Waals surface area (Å²) in [5, 5.41) is 2.18. The van der Waals surface area contributed by atoms with Crippen LogP contribution in [0.3, 0.4) is 0 Å². The highest BCUT2D eigenvalue weighted by atomic mass is 16.2. The molecule has 0 saturated carbocycles. The Hall–Kier alpha value is -2.69. The Bertz CT molecular complexity index is 908. The molecule has 0 bridgehead atoms. The standard InChI is InChI=1S/C23H26N2O3/c26-21-8-4-12-24(21)14-11-22(27)25-13-3-7-20(16-25)23(28)19-10-9-17-5-1-2-6-18(17)15-19/h1-2,5-6,9-10,15,20H,3-4,7-8,11-14,16H2/t20-/m1/s1. The number of likely N-dealkylation sites (tertiary alicyclic amines) is 2. The van der Waals surface area contributed by atoms with Crippen LogP contribution in [0.25, 0.3) is 10.8 Å². The Kier molecular flexibility index (Phi) is 5.42. The van der Waals surface area contributed by atoms with Gasteiger partial charge in [0.15, 0.2) is 5.78 Å². The van der Waals surface area contributed by atoms with Crippen molar-refractivity contribution in [2.24, 2.45) is 5.92 Å². The molecule has 0 radical (unpaired) electrons. The molecule has 0 aliphatic carbocycles. The number of ketones is 1. The number of fused-ring (bicyclic) bond motifs is 1. The normalized spacial score (nSPS) is 20.0. The minimum absolute atomic E-state index is 0.0516. The molecule has 2 heterocycles. The van der Waals surface area contributed by atoms with E-state index in [1.54, 1.807) is 4.90 Å². The lowest BCUT2D eigenvalue weighted by atomic mass is 9.89. The highest BCUT2D eigenvalue weighted by molar-refractivity contribution is 6.01. The van der Waals surface area contributed by atoms with E-state index >= 15 is 0 Å². The molecule has 5 heteroatoms. The molecule has 1 atom stereocenters. The number of hydrogen-bond acceptors (Lipinski definition) is 3. The van der Waals surface area contributed by atoms with Crippen molar-refractivity contribution in [1.29, 1.82) is 0 Å². The summed E-state index contributed by atoms with van der Waals surface area (Å²) in [5.74, 6) is 0.178. The highest BCUT2D eigenvalue weighted by Crippen LogP contribution is 2.24. The van der Waals surface area contributed by atoms with Crippen LogP contribution in [0.2, 0.25) is 0 Å². The fraction of sp³-hybridized carbons (Fsp3) is 0.435. The molecule has 2 aliphatic rings. The lowest BCUT2D eigenvalue weighted by Crippen LogP contribution is -2.43. The highest BCUT2D eigenvalue weighted by Gasteiger charge is 2.29. The van der Waals surface area contributed by atoms with E-state index in [1.807, 2.05) is 47.4 Å². The molecular formula is C23H26N2O3. The van der Waals surface area contributed by atoms with Crippen LogP contribution in [-0.4, -0.2) is 53.6 Å². The average molecular weight is 378 g/mol. The summed E-state index contributed by atoms with van der Waals surface area (Å²) in [4.78, 5) is 40.9. The summed E-state index contributed by atoms with van der Waals surface area (Å²) in [6.07, 6.45) is 3.50. The molecular weight excluding hydrogens is 352 g/mol. The topological polar surface area (TPSA) is 57.7 Å². The zero-order chi connectivity index (χ0) is 19.5. The van der Waals surface area contributed by atoms with Crippen molar-refractivity contribution in [1.82, 2.24) is 9.80 Å². The quantitative estimate of drug-likeness (QED) is 0.751. The second-order valence-electron chi connectivity index (χ2n) is 7.84. The average Bonchev–Trinajstić information content (AvgIpc) is 3.16. The summed E-state index contributed by atoms with van der Waals surface area (Å²) < 4.78 is 0. The zero-order valence-corrected chi connectivity index (χ0v) is 16.1. The van der Waals surface area contributed by atoms with Crippen LogP contribution in [-0.2, 0) is 9.59 Å². The third-order valence-corrected chi connectivity index (χ3v) is 5.95. The van der Waals surface area contributed by atoms with Crippen molar-refractivity contribution in [3.05, 3.63) is 48.0 Å². The van der Waals surface area contributed by atoms with E-state index < -0.39 is 0 Å².